The number of hydrogen-bond acceptors (Lipinski definition) is 4. The van der Waals surface area contributed by atoms with Gasteiger partial charge in [0.15, 0.2) is 0 Å². The molecule has 0 spiro atoms. The lowest BCUT2D eigenvalue weighted by atomic mass is 10.2. The van der Waals surface area contributed by atoms with E-state index in [1.54, 1.807) is 18.2 Å². The topological polar surface area (TPSA) is 64.7 Å². The van der Waals surface area contributed by atoms with Gasteiger partial charge in [0.25, 0.3) is 0 Å². The lowest BCUT2D eigenvalue weighted by Crippen LogP contribution is -2.25. The standard InChI is InChI=1S/C16H18ClNO3/c1-11-6-7-13(17)16(8-11)21-10-12(19)9-20-15-5-3-2-4-14(15)18/h2-8,12,19H,9-10,18H2,1H3. The van der Waals surface area contributed by atoms with Crippen LogP contribution in [0.3, 0.4) is 0 Å². The predicted octanol–water partition coefficient (Wildman–Crippen LogP) is 3.05. The van der Waals surface area contributed by atoms with E-state index in [1.165, 1.54) is 0 Å². The van der Waals surface area contributed by atoms with Crippen LogP contribution in [0.25, 0.3) is 0 Å². The second-order valence-electron chi connectivity index (χ2n) is 4.75. The highest BCUT2D eigenvalue weighted by Crippen LogP contribution is 2.25. The molecule has 4 nitrogen and oxygen atoms in total. The second kappa shape index (κ2) is 7.20. The van der Waals surface area contributed by atoms with Gasteiger partial charge in [-0.2, -0.15) is 0 Å². The molecule has 0 aromatic heterocycles. The molecule has 0 fully saturated rings. The fraction of sp³-hybridized carbons (Fsp3) is 0.250. The molecular formula is C16H18ClNO3. The van der Waals surface area contributed by atoms with Gasteiger partial charge in [-0.1, -0.05) is 29.8 Å². The summed E-state index contributed by atoms with van der Waals surface area (Å²) in [5.41, 5.74) is 7.33. The fourth-order valence-electron chi connectivity index (χ4n) is 1.75. The maximum Gasteiger partial charge on any atom is 0.142 e. The van der Waals surface area contributed by atoms with Crippen molar-refractivity contribution < 1.29 is 14.6 Å². The van der Waals surface area contributed by atoms with Crippen LogP contribution in [0, 0.1) is 6.92 Å². The van der Waals surface area contributed by atoms with E-state index < -0.39 is 6.10 Å². The Balaban J connectivity index is 1.84. The van der Waals surface area contributed by atoms with Crippen LogP contribution in [0.15, 0.2) is 42.5 Å². The van der Waals surface area contributed by atoms with E-state index in [1.807, 2.05) is 31.2 Å². The van der Waals surface area contributed by atoms with E-state index in [-0.39, 0.29) is 13.2 Å². The average Bonchev–Trinajstić information content (AvgIpc) is 2.47. The zero-order valence-electron chi connectivity index (χ0n) is 11.8. The Labute approximate surface area is 129 Å². The van der Waals surface area contributed by atoms with Crippen LogP contribution in [0.5, 0.6) is 11.5 Å². The molecule has 0 amide bonds. The minimum atomic E-state index is -0.777. The van der Waals surface area contributed by atoms with Crippen LogP contribution >= 0.6 is 11.6 Å². The molecule has 0 aliphatic carbocycles. The summed E-state index contributed by atoms with van der Waals surface area (Å²) in [5.74, 6) is 1.10. The van der Waals surface area contributed by atoms with Crippen molar-refractivity contribution in [1.29, 1.82) is 0 Å². The summed E-state index contributed by atoms with van der Waals surface area (Å²) in [7, 11) is 0. The minimum Gasteiger partial charge on any atom is -0.489 e. The van der Waals surface area contributed by atoms with Gasteiger partial charge in [-0.25, -0.2) is 0 Å². The van der Waals surface area contributed by atoms with E-state index in [4.69, 9.17) is 26.8 Å². The van der Waals surface area contributed by atoms with Gasteiger partial charge in [-0.15, -0.1) is 0 Å². The predicted molar refractivity (Wildman–Crippen MR) is 84.0 cm³/mol. The Kier molecular flexibility index (Phi) is 5.31. The second-order valence-corrected chi connectivity index (χ2v) is 5.15. The molecule has 1 unspecified atom stereocenters. The Morgan fingerprint density at radius 1 is 1.10 bits per heavy atom. The highest BCUT2D eigenvalue weighted by molar-refractivity contribution is 6.32. The number of rotatable bonds is 6. The van der Waals surface area contributed by atoms with Gasteiger partial charge in [0, 0.05) is 0 Å². The quantitative estimate of drug-likeness (QED) is 0.805. The zero-order chi connectivity index (χ0) is 15.2. The monoisotopic (exact) mass is 307 g/mol. The van der Waals surface area contributed by atoms with Gasteiger partial charge in [0.2, 0.25) is 0 Å². The van der Waals surface area contributed by atoms with Crippen LogP contribution in [0.2, 0.25) is 5.02 Å². The highest BCUT2D eigenvalue weighted by atomic mass is 35.5. The molecule has 112 valence electrons. The number of aliphatic hydroxyl groups excluding tert-OH is 1. The summed E-state index contributed by atoms with van der Waals surface area (Å²) in [5, 5.41) is 10.4. The number of halogens is 1. The van der Waals surface area contributed by atoms with E-state index in [9.17, 15) is 5.11 Å². The Morgan fingerprint density at radius 2 is 1.76 bits per heavy atom. The molecule has 0 aliphatic rings. The van der Waals surface area contributed by atoms with Gasteiger partial charge < -0.3 is 20.3 Å². The third-order valence-electron chi connectivity index (χ3n) is 2.87. The average molecular weight is 308 g/mol. The SMILES string of the molecule is Cc1ccc(Cl)c(OCC(O)COc2ccccc2N)c1. The van der Waals surface area contributed by atoms with Crippen LogP contribution in [0.1, 0.15) is 5.56 Å². The van der Waals surface area contributed by atoms with Crippen molar-refractivity contribution in [3.05, 3.63) is 53.1 Å². The largest absolute Gasteiger partial charge is 0.489 e. The Hall–Kier alpha value is -1.91. The van der Waals surface area contributed by atoms with Gasteiger partial charge in [0.1, 0.15) is 30.8 Å². The van der Waals surface area contributed by atoms with Crippen molar-refractivity contribution in [3.63, 3.8) is 0 Å². The molecule has 0 radical (unpaired) electrons. The summed E-state index contributed by atoms with van der Waals surface area (Å²) >= 11 is 6.02. The van der Waals surface area contributed by atoms with Crippen LogP contribution in [-0.2, 0) is 0 Å². The molecule has 5 heteroatoms. The smallest absolute Gasteiger partial charge is 0.142 e. The van der Waals surface area contributed by atoms with Crippen molar-refractivity contribution in [2.45, 2.75) is 13.0 Å². The zero-order valence-corrected chi connectivity index (χ0v) is 12.5. The lowest BCUT2D eigenvalue weighted by molar-refractivity contribution is 0.0629. The number of benzene rings is 2. The molecule has 0 bridgehead atoms. The van der Waals surface area contributed by atoms with Gasteiger partial charge in [-0.05, 0) is 36.8 Å². The van der Waals surface area contributed by atoms with Crippen LogP contribution in [0.4, 0.5) is 5.69 Å². The molecule has 0 saturated carbocycles. The van der Waals surface area contributed by atoms with E-state index in [0.29, 0.717) is 22.2 Å². The Morgan fingerprint density at radius 3 is 2.48 bits per heavy atom. The number of aliphatic hydroxyl groups is 1. The molecule has 2 aromatic carbocycles. The van der Waals surface area contributed by atoms with Gasteiger partial charge >= 0.3 is 0 Å². The van der Waals surface area contributed by atoms with Crippen molar-refractivity contribution in [2.24, 2.45) is 0 Å². The first kappa shape index (κ1) is 15.5. The van der Waals surface area contributed by atoms with E-state index in [0.717, 1.165) is 5.56 Å². The molecular weight excluding hydrogens is 290 g/mol. The molecule has 21 heavy (non-hydrogen) atoms. The Bertz CT molecular complexity index is 604. The first-order chi connectivity index (χ1) is 10.1. The summed E-state index contributed by atoms with van der Waals surface area (Å²) < 4.78 is 11.0. The number of nitrogen functional groups attached to an aromatic ring is 1. The first-order valence-electron chi connectivity index (χ1n) is 6.60. The van der Waals surface area contributed by atoms with Crippen molar-refractivity contribution in [1.82, 2.24) is 0 Å². The van der Waals surface area contributed by atoms with Crippen molar-refractivity contribution in [2.75, 3.05) is 18.9 Å². The maximum absolute atomic E-state index is 9.89. The molecule has 0 aliphatic heterocycles. The molecule has 1 atom stereocenters. The number of aryl methyl sites for hydroxylation is 1. The number of ether oxygens (including phenoxy) is 2. The fourth-order valence-corrected chi connectivity index (χ4v) is 1.93. The molecule has 2 rings (SSSR count). The number of hydrogen-bond donors (Lipinski definition) is 2. The summed E-state index contributed by atoms with van der Waals surface area (Å²) in [6.45, 7) is 2.13. The van der Waals surface area contributed by atoms with E-state index >= 15 is 0 Å². The van der Waals surface area contributed by atoms with Gasteiger partial charge in [0.05, 0.1) is 10.7 Å². The lowest BCUT2D eigenvalue weighted by Gasteiger charge is -2.15. The summed E-state index contributed by atoms with van der Waals surface area (Å²) in [6.07, 6.45) is -0.777. The number of para-hydroxylation sites is 2. The normalized spacial score (nSPS) is 12.0. The highest BCUT2D eigenvalue weighted by Gasteiger charge is 2.09. The molecule has 0 heterocycles. The number of anilines is 1. The van der Waals surface area contributed by atoms with Crippen LogP contribution in [-0.4, -0.2) is 24.4 Å². The third kappa shape index (κ3) is 4.55. The van der Waals surface area contributed by atoms with Gasteiger partial charge in [-0.3, -0.25) is 0 Å². The third-order valence-corrected chi connectivity index (χ3v) is 3.18. The molecule has 3 N–H and O–H groups in total. The number of nitrogens with two attached hydrogens (primary N) is 1. The summed E-state index contributed by atoms with van der Waals surface area (Å²) in [6, 6.07) is 12.6. The maximum atomic E-state index is 9.89. The van der Waals surface area contributed by atoms with Crippen LogP contribution < -0.4 is 15.2 Å². The van der Waals surface area contributed by atoms with E-state index in [2.05, 4.69) is 0 Å². The molecule has 2 aromatic rings. The summed E-state index contributed by atoms with van der Waals surface area (Å²) in [4.78, 5) is 0. The first-order valence-corrected chi connectivity index (χ1v) is 6.98. The molecule has 0 saturated heterocycles. The minimum absolute atomic E-state index is 0.0932. The van der Waals surface area contributed by atoms with Crippen molar-refractivity contribution >= 4 is 17.3 Å². The van der Waals surface area contributed by atoms with Crippen molar-refractivity contribution in [3.8, 4) is 11.5 Å².